The fourth-order valence-corrected chi connectivity index (χ4v) is 1.71. The average molecular weight is 293 g/mol. The topological polar surface area (TPSA) is 105 Å². The standard InChI is InChI=1S/C12H13ClN6O/c1-15-11(20)7-4-2-3-5-9(7)17-10-8(13)6-16-12(18-10)19-14/h2-6H,14H2,1H3,(H,15,20)(H2,16,17,18,19). The second-order valence-electron chi connectivity index (χ2n) is 3.78. The Morgan fingerprint density at radius 3 is 2.80 bits per heavy atom. The first-order valence-electron chi connectivity index (χ1n) is 5.73. The van der Waals surface area contributed by atoms with Crippen molar-refractivity contribution < 1.29 is 4.79 Å². The number of rotatable bonds is 4. The molecule has 0 saturated heterocycles. The number of nitrogens with two attached hydrogens (primary N) is 1. The zero-order chi connectivity index (χ0) is 14.5. The van der Waals surface area contributed by atoms with E-state index in [9.17, 15) is 4.79 Å². The molecule has 0 bridgehead atoms. The SMILES string of the molecule is CNC(=O)c1ccccc1Nc1nc(NN)ncc1Cl. The van der Waals surface area contributed by atoms with E-state index in [4.69, 9.17) is 17.4 Å². The summed E-state index contributed by atoms with van der Waals surface area (Å²) in [5.41, 5.74) is 3.39. The maximum atomic E-state index is 11.8. The van der Waals surface area contributed by atoms with Crippen LogP contribution in [0.4, 0.5) is 17.5 Å². The third-order valence-corrected chi connectivity index (χ3v) is 2.80. The van der Waals surface area contributed by atoms with Crippen molar-refractivity contribution in [3.8, 4) is 0 Å². The van der Waals surface area contributed by atoms with E-state index in [1.54, 1.807) is 31.3 Å². The number of nitrogens with zero attached hydrogens (tertiary/aromatic N) is 2. The Morgan fingerprint density at radius 2 is 2.10 bits per heavy atom. The lowest BCUT2D eigenvalue weighted by atomic mass is 10.1. The Hall–Kier alpha value is -2.38. The van der Waals surface area contributed by atoms with Gasteiger partial charge in [0.15, 0.2) is 5.82 Å². The molecule has 7 nitrogen and oxygen atoms in total. The minimum atomic E-state index is -0.213. The minimum absolute atomic E-state index is 0.213. The summed E-state index contributed by atoms with van der Waals surface area (Å²) in [5.74, 6) is 5.61. The molecule has 0 aliphatic heterocycles. The van der Waals surface area contributed by atoms with E-state index in [0.29, 0.717) is 22.1 Å². The number of nitrogens with one attached hydrogen (secondary N) is 3. The molecule has 20 heavy (non-hydrogen) atoms. The molecule has 2 rings (SSSR count). The van der Waals surface area contributed by atoms with Gasteiger partial charge < -0.3 is 10.6 Å². The van der Waals surface area contributed by atoms with Gasteiger partial charge in [0.05, 0.1) is 17.4 Å². The fourth-order valence-electron chi connectivity index (χ4n) is 1.58. The van der Waals surface area contributed by atoms with E-state index in [-0.39, 0.29) is 11.9 Å². The summed E-state index contributed by atoms with van der Waals surface area (Å²) >= 11 is 6.01. The molecule has 5 N–H and O–H groups in total. The predicted octanol–water partition coefficient (Wildman–Crippen LogP) is 1.52. The van der Waals surface area contributed by atoms with Gasteiger partial charge in [-0.25, -0.2) is 10.8 Å². The molecule has 1 aromatic carbocycles. The first kappa shape index (κ1) is 14.0. The van der Waals surface area contributed by atoms with Crippen LogP contribution in [-0.2, 0) is 0 Å². The Balaban J connectivity index is 2.37. The zero-order valence-electron chi connectivity index (χ0n) is 10.6. The van der Waals surface area contributed by atoms with Gasteiger partial charge in [0, 0.05) is 7.05 Å². The molecule has 0 saturated carbocycles. The second kappa shape index (κ2) is 6.18. The largest absolute Gasteiger partial charge is 0.355 e. The second-order valence-corrected chi connectivity index (χ2v) is 4.19. The summed E-state index contributed by atoms with van der Waals surface area (Å²) in [7, 11) is 1.56. The molecule has 0 unspecified atom stereocenters. The summed E-state index contributed by atoms with van der Waals surface area (Å²) in [6, 6.07) is 7.01. The monoisotopic (exact) mass is 292 g/mol. The number of halogens is 1. The summed E-state index contributed by atoms with van der Waals surface area (Å²) in [5, 5.41) is 5.87. The average Bonchev–Trinajstić information content (AvgIpc) is 2.49. The van der Waals surface area contributed by atoms with E-state index in [1.165, 1.54) is 6.20 Å². The molecule has 0 aliphatic carbocycles. The van der Waals surface area contributed by atoms with Gasteiger partial charge in [-0.3, -0.25) is 10.2 Å². The number of para-hydroxylation sites is 1. The molecule has 0 radical (unpaired) electrons. The van der Waals surface area contributed by atoms with Gasteiger partial charge in [0.2, 0.25) is 5.95 Å². The van der Waals surface area contributed by atoms with Crippen molar-refractivity contribution >= 4 is 35.0 Å². The fraction of sp³-hybridized carbons (Fsp3) is 0.0833. The van der Waals surface area contributed by atoms with Crippen LogP contribution in [-0.4, -0.2) is 22.9 Å². The van der Waals surface area contributed by atoms with Gasteiger partial charge in [-0.05, 0) is 12.1 Å². The van der Waals surface area contributed by atoms with Crippen molar-refractivity contribution in [1.82, 2.24) is 15.3 Å². The van der Waals surface area contributed by atoms with Gasteiger partial charge in [0.25, 0.3) is 5.91 Å². The molecule has 0 fully saturated rings. The van der Waals surface area contributed by atoms with Crippen molar-refractivity contribution in [3.63, 3.8) is 0 Å². The highest BCUT2D eigenvalue weighted by Crippen LogP contribution is 2.25. The first-order valence-corrected chi connectivity index (χ1v) is 6.10. The molecule has 1 amide bonds. The van der Waals surface area contributed by atoms with Crippen molar-refractivity contribution in [1.29, 1.82) is 0 Å². The van der Waals surface area contributed by atoms with Crippen LogP contribution in [0.1, 0.15) is 10.4 Å². The van der Waals surface area contributed by atoms with Crippen LogP contribution in [0.3, 0.4) is 0 Å². The van der Waals surface area contributed by atoms with Crippen LogP contribution in [0.15, 0.2) is 30.5 Å². The number of nitrogen functional groups attached to an aromatic ring is 1. The minimum Gasteiger partial charge on any atom is -0.355 e. The molecule has 0 spiro atoms. The normalized spacial score (nSPS) is 9.95. The van der Waals surface area contributed by atoms with Crippen LogP contribution in [0.25, 0.3) is 0 Å². The van der Waals surface area contributed by atoms with E-state index in [2.05, 4.69) is 26.0 Å². The maximum Gasteiger partial charge on any atom is 0.253 e. The smallest absolute Gasteiger partial charge is 0.253 e. The van der Waals surface area contributed by atoms with E-state index >= 15 is 0 Å². The van der Waals surface area contributed by atoms with Crippen molar-refractivity contribution in [2.24, 2.45) is 5.84 Å². The summed E-state index contributed by atoms with van der Waals surface area (Å²) < 4.78 is 0. The Bertz CT molecular complexity index is 633. The van der Waals surface area contributed by atoms with Gasteiger partial charge in [0.1, 0.15) is 5.02 Å². The van der Waals surface area contributed by atoms with E-state index < -0.39 is 0 Å². The summed E-state index contributed by atoms with van der Waals surface area (Å²) in [4.78, 5) is 19.7. The Morgan fingerprint density at radius 1 is 1.35 bits per heavy atom. The van der Waals surface area contributed by atoms with Crippen LogP contribution in [0, 0.1) is 0 Å². The lowest BCUT2D eigenvalue weighted by Crippen LogP contribution is -2.19. The number of anilines is 3. The number of hydrogen-bond donors (Lipinski definition) is 4. The molecular weight excluding hydrogens is 280 g/mol. The Kier molecular flexibility index (Phi) is 4.34. The number of hydrazine groups is 1. The molecule has 0 aliphatic rings. The molecule has 1 aromatic heterocycles. The van der Waals surface area contributed by atoms with Gasteiger partial charge in [-0.1, -0.05) is 23.7 Å². The van der Waals surface area contributed by atoms with E-state index in [0.717, 1.165) is 0 Å². The summed E-state index contributed by atoms with van der Waals surface area (Å²) in [6.45, 7) is 0. The maximum absolute atomic E-state index is 11.8. The van der Waals surface area contributed by atoms with Gasteiger partial charge in [-0.15, -0.1) is 0 Å². The van der Waals surface area contributed by atoms with Crippen molar-refractivity contribution in [2.45, 2.75) is 0 Å². The predicted molar refractivity (Wildman–Crippen MR) is 78.0 cm³/mol. The third kappa shape index (κ3) is 2.95. The number of hydrogen-bond acceptors (Lipinski definition) is 6. The molecule has 1 heterocycles. The lowest BCUT2D eigenvalue weighted by Gasteiger charge is -2.12. The van der Waals surface area contributed by atoms with Crippen LogP contribution in [0.2, 0.25) is 5.02 Å². The Labute approximate surface area is 120 Å². The van der Waals surface area contributed by atoms with Crippen LogP contribution < -0.4 is 21.9 Å². The highest BCUT2D eigenvalue weighted by atomic mass is 35.5. The molecule has 8 heteroatoms. The number of carbonyl (C=O) groups is 1. The lowest BCUT2D eigenvalue weighted by molar-refractivity contribution is 0.0964. The highest BCUT2D eigenvalue weighted by Gasteiger charge is 2.12. The van der Waals surface area contributed by atoms with Crippen molar-refractivity contribution in [2.75, 3.05) is 17.8 Å². The molecular formula is C12H13ClN6O. The summed E-state index contributed by atoms with van der Waals surface area (Å²) in [6.07, 6.45) is 1.41. The highest BCUT2D eigenvalue weighted by molar-refractivity contribution is 6.33. The number of aromatic nitrogens is 2. The quantitative estimate of drug-likeness (QED) is 0.503. The zero-order valence-corrected chi connectivity index (χ0v) is 11.4. The molecule has 2 aromatic rings. The first-order chi connectivity index (χ1) is 9.65. The van der Waals surface area contributed by atoms with Crippen LogP contribution >= 0.6 is 11.6 Å². The van der Waals surface area contributed by atoms with Gasteiger partial charge >= 0.3 is 0 Å². The molecule has 0 atom stereocenters. The third-order valence-electron chi connectivity index (χ3n) is 2.53. The van der Waals surface area contributed by atoms with Crippen LogP contribution in [0.5, 0.6) is 0 Å². The van der Waals surface area contributed by atoms with Crippen molar-refractivity contribution in [3.05, 3.63) is 41.0 Å². The number of carbonyl (C=O) groups excluding carboxylic acids is 1. The number of benzene rings is 1. The van der Waals surface area contributed by atoms with Gasteiger partial charge in [-0.2, -0.15) is 4.98 Å². The molecule has 104 valence electrons. The number of amides is 1. The van der Waals surface area contributed by atoms with E-state index in [1.807, 2.05) is 0 Å².